The van der Waals surface area contributed by atoms with E-state index in [-0.39, 0.29) is 18.0 Å². The smallest absolute Gasteiger partial charge is 0.194 e. The molecule has 22 heavy (non-hydrogen) atoms. The van der Waals surface area contributed by atoms with E-state index in [4.69, 9.17) is 4.42 Å². The quantitative estimate of drug-likeness (QED) is 0.875. The molecule has 1 aliphatic heterocycles. The number of halogens is 4. The molecule has 7 heteroatoms. The summed E-state index contributed by atoms with van der Waals surface area (Å²) < 4.78 is 46.2. The van der Waals surface area contributed by atoms with Crippen LogP contribution in [0.25, 0.3) is 0 Å². The maximum Gasteiger partial charge on any atom is 0.194 e. The van der Waals surface area contributed by atoms with Crippen molar-refractivity contribution in [1.29, 1.82) is 0 Å². The molecule has 2 aromatic rings. The molecule has 1 saturated heterocycles. The highest BCUT2D eigenvalue weighted by Gasteiger charge is 2.30. The van der Waals surface area contributed by atoms with Crippen LogP contribution in [-0.4, -0.2) is 31.1 Å². The first-order valence-electron chi connectivity index (χ1n) is 6.80. The van der Waals surface area contributed by atoms with Crippen molar-refractivity contribution < 1.29 is 17.6 Å². The lowest BCUT2D eigenvalue weighted by Gasteiger charge is -2.34. The first kappa shape index (κ1) is 16.9. The van der Waals surface area contributed by atoms with Gasteiger partial charge in [0.15, 0.2) is 17.5 Å². The summed E-state index contributed by atoms with van der Waals surface area (Å²) in [4.78, 5) is 1.99. The van der Waals surface area contributed by atoms with Crippen molar-refractivity contribution in [2.45, 2.75) is 6.04 Å². The largest absolute Gasteiger partial charge is 0.467 e. The monoisotopic (exact) mass is 332 g/mol. The molecule has 2 heterocycles. The SMILES string of the molecule is Cl.Fc1ccc([C@H](c2ccco2)N2CCNCC2)c(F)c1F. The molecule has 1 aromatic heterocycles. The Hall–Kier alpha value is -1.50. The summed E-state index contributed by atoms with van der Waals surface area (Å²) in [6.45, 7) is 2.85. The maximum atomic E-state index is 14.2. The van der Waals surface area contributed by atoms with Gasteiger partial charge in [-0.25, -0.2) is 13.2 Å². The maximum absolute atomic E-state index is 14.2. The van der Waals surface area contributed by atoms with Gasteiger partial charge in [-0.3, -0.25) is 4.90 Å². The molecule has 0 radical (unpaired) electrons. The Morgan fingerprint density at radius 3 is 2.41 bits per heavy atom. The molecule has 1 aliphatic rings. The standard InChI is InChI=1S/C15H15F3N2O.ClH/c16-11-4-3-10(13(17)14(11)18)15(12-2-1-9-21-12)20-7-5-19-6-8-20;/h1-4,9,15,19H,5-8H2;1H/t15-;/m1./s1. The fourth-order valence-corrected chi connectivity index (χ4v) is 2.67. The van der Waals surface area contributed by atoms with Crippen molar-refractivity contribution in [3.8, 4) is 0 Å². The molecule has 1 atom stereocenters. The summed E-state index contributed by atoms with van der Waals surface area (Å²) in [6.07, 6.45) is 1.49. The third kappa shape index (κ3) is 3.14. The zero-order valence-corrected chi connectivity index (χ0v) is 12.5. The van der Waals surface area contributed by atoms with E-state index < -0.39 is 23.5 Å². The fraction of sp³-hybridized carbons (Fsp3) is 0.333. The van der Waals surface area contributed by atoms with E-state index in [1.807, 2.05) is 4.90 Å². The van der Waals surface area contributed by atoms with E-state index in [0.717, 1.165) is 19.2 Å². The summed E-state index contributed by atoms with van der Waals surface area (Å²) in [6, 6.07) is 5.09. The highest BCUT2D eigenvalue weighted by Crippen LogP contribution is 2.32. The van der Waals surface area contributed by atoms with E-state index in [0.29, 0.717) is 18.8 Å². The van der Waals surface area contributed by atoms with Crippen LogP contribution in [0.15, 0.2) is 34.9 Å². The molecular formula is C15H16ClF3N2O. The van der Waals surface area contributed by atoms with E-state index in [9.17, 15) is 13.2 Å². The van der Waals surface area contributed by atoms with Crippen LogP contribution in [0.5, 0.6) is 0 Å². The van der Waals surface area contributed by atoms with Crippen molar-refractivity contribution in [3.63, 3.8) is 0 Å². The van der Waals surface area contributed by atoms with Gasteiger partial charge in [-0.1, -0.05) is 6.07 Å². The third-order valence-corrected chi connectivity index (χ3v) is 3.69. The lowest BCUT2D eigenvalue weighted by molar-refractivity contribution is 0.176. The van der Waals surface area contributed by atoms with Crippen LogP contribution in [0.4, 0.5) is 13.2 Å². The molecule has 3 rings (SSSR count). The van der Waals surface area contributed by atoms with Gasteiger partial charge >= 0.3 is 0 Å². The van der Waals surface area contributed by atoms with Crippen LogP contribution in [0.3, 0.4) is 0 Å². The number of benzene rings is 1. The van der Waals surface area contributed by atoms with Crippen LogP contribution >= 0.6 is 12.4 Å². The molecule has 0 bridgehead atoms. The summed E-state index contributed by atoms with van der Waals surface area (Å²) in [7, 11) is 0. The minimum Gasteiger partial charge on any atom is -0.467 e. The first-order chi connectivity index (χ1) is 10.2. The van der Waals surface area contributed by atoms with Crippen LogP contribution in [0.1, 0.15) is 17.4 Å². The molecule has 1 N–H and O–H groups in total. The Morgan fingerprint density at radius 1 is 1.05 bits per heavy atom. The Balaban J connectivity index is 0.00000176. The van der Waals surface area contributed by atoms with Crippen molar-refractivity contribution in [3.05, 3.63) is 59.3 Å². The van der Waals surface area contributed by atoms with Crippen LogP contribution in [0, 0.1) is 17.5 Å². The zero-order chi connectivity index (χ0) is 14.8. The number of furan rings is 1. The second-order valence-electron chi connectivity index (χ2n) is 4.97. The predicted octanol–water partition coefficient (Wildman–Crippen LogP) is 3.11. The average Bonchev–Trinajstić information content (AvgIpc) is 3.03. The van der Waals surface area contributed by atoms with Gasteiger partial charge in [0.25, 0.3) is 0 Å². The lowest BCUT2D eigenvalue weighted by Crippen LogP contribution is -2.45. The number of hydrogen-bond donors (Lipinski definition) is 1. The number of piperazine rings is 1. The molecule has 0 spiro atoms. The zero-order valence-electron chi connectivity index (χ0n) is 11.7. The molecule has 120 valence electrons. The summed E-state index contributed by atoms with van der Waals surface area (Å²) in [5.41, 5.74) is 0.0887. The molecule has 0 amide bonds. The van der Waals surface area contributed by atoms with Gasteiger partial charge in [0.1, 0.15) is 5.76 Å². The molecule has 0 aliphatic carbocycles. The molecule has 0 saturated carbocycles. The number of hydrogen-bond acceptors (Lipinski definition) is 3. The van der Waals surface area contributed by atoms with Gasteiger partial charge in [0, 0.05) is 31.7 Å². The normalized spacial score (nSPS) is 17.0. The number of nitrogens with one attached hydrogen (secondary N) is 1. The van der Waals surface area contributed by atoms with Gasteiger partial charge < -0.3 is 9.73 Å². The van der Waals surface area contributed by atoms with Gasteiger partial charge in [-0.2, -0.15) is 0 Å². The molecule has 0 unspecified atom stereocenters. The van der Waals surface area contributed by atoms with Crippen molar-refractivity contribution in [1.82, 2.24) is 10.2 Å². The lowest BCUT2D eigenvalue weighted by atomic mass is 10.0. The van der Waals surface area contributed by atoms with Gasteiger partial charge in [-0.15, -0.1) is 12.4 Å². The Kier molecular flexibility index (Phi) is 5.50. The average molecular weight is 333 g/mol. The number of rotatable bonds is 3. The van der Waals surface area contributed by atoms with Crippen LogP contribution < -0.4 is 5.32 Å². The first-order valence-corrected chi connectivity index (χ1v) is 6.80. The molecule has 1 fully saturated rings. The second-order valence-corrected chi connectivity index (χ2v) is 4.97. The highest BCUT2D eigenvalue weighted by molar-refractivity contribution is 5.85. The van der Waals surface area contributed by atoms with E-state index >= 15 is 0 Å². The van der Waals surface area contributed by atoms with E-state index in [1.165, 1.54) is 12.3 Å². The van der Waals surface area contributed by atoms with Crippen LogP contribution in [0.2, 0.25) is 0 Å². The van der Waals surface area contributed by atoms with Crippen molar-refractivity contribution in [2.24, 2.45) is 0 Å². The van der Waals surface area contributed by atoms with Gasteiger partial charge in [0.05, 0.1) is 12.3 Å². The second kappa shape index (κ2) is 7.17. The van der Waals surface area contributed by atoms with Crippen LogP contribution in [-0.2, 0) is 0 Å². The minimum atomic E-state index is -1.45. The summed E-state index contributed by atoms with van der Waals surface area (Å²) >= 11 is 0. The highest BCUT2D eigenvalue weighted by atomic mass is 35.5. The Morgan fingerprint density at radius 2 is 1.77 bits per heavy atom. The molecule has 3 nitrogen and oxygen atoms in total. The number of nitrogens with zero attached hydrogens (tertiary/aromatic N) is 1. The van der Waals surface area contributed by atoms with E-state index in [1.54, 1.807) is 12.1 Å². The van der Waals surface area contributed by atoms with E-state index in [2.05, 4.69) is 5.32 Å². The molecule has 1 aromatic carbocycles. The third-order valence-electron chi connectivity index (χ3n) is 3.69. The topological polar surface area (TPSA) is 28.4 Å². The summed E-state index contributed by atoms with van der Waals surface area (Å²) in [5.74, 6) is -3.27. The fourth-order valence-electron chi connectivity index (χ4n) is 2.67. The van der Waals surface area contributed by atoms with Crippen molar-refractivity contribution >= 4 is 12.4 Å². The Labute approximate surface area is 132 Å². The minimum absolute atomic E-state index is 0. The van der Waals surface area contributed by atoms with Crippen molar-refractivity contribution in [2.75, 3.05) is 26.2 Å². The van der Waals surface area contributed by atoms with Gasteiger partial charge in [0.2, 0.25) is 0 Å². The Bertz CT molecular complexity index is 616. The predicted molar refractivity (Wildman–Crippen MR) is 78.6 cm³/mol. The summed E-state index contributed by atoms with van der Waals surface area (Å²) in [5, 5.41) is 3.20. The molecular weight excluding hydrogens is 317 g/mol. The van der Waals surface area contributed by atoms with Gasteiger partial charge in [-0.05, 0) is 18.2 Å².